The third-order valence-corrected chi connectivity index (χ3v) is 4.38. The van der Waals surface area contributed by atoms with Gasteiger partial charge in [-0.2, -0.15) is 0 Å². The number of hydrogen-bond donors (Lipinski definition) is 0. The summed E-state index contributed by atoms with van der Waals surface area (Å²) in [6.07, 6.45) is 1.22. The summed E-state index contributed by atoms with van der Waals surface area (Å²) in [7, 11) is 2.70. The third kappa shape index (κ3) is 4.79. The van der Waals surface area contributed by atoms with Gasteiger partial charge < -0.3 is 28.1 Å². The Labute approximate surface area is 187 Å². The van der Waals surface area contributed by atoms with Gasteiger partial charge in [-0.1, -0.05) is 6.07 Å². The SMILES string of the molecule is COc1cc(-c2coc3cc(OC)c(OC(C)=O)c(OC(C)=O)c3c2=O)ccc1OC(C)=O. The van der Waals surface area contributed by atoms with Crippen LogP contribution in [0.4, 0.5) is 0 Å². The second-order valence-corrected chi connectivity index (χ2v) is 6.74. The van der Waals surface area contributed by atoms with E-state index in [9.17, 15) is 19.2 Å². The van der Waals surface area contributed by atoms with Crippen LogP contribution >= 0.6 is 0 Å². The van der Waals surface area contributed by atoms with Gasteiger partial charge in [-0.25, -0.2) is 0 Å². The van der Waals surface area contributed by atoms with E-state index < -0.39 is 23.3 Å². The zero-order chi connectivity index (χ0) is 24.3. The highest BCUT2D eigenvalue weighted by atomic mass is 16.6. The molecule has 0 spiro atoms. The fourth-order valence-electron chi connectivity index (χ4n) is 3.12. The van der Waals surface area contributed by atoms with E-state index in [-0.39, 0.29) is 45.3 Å². The van der Waals surface area contributed by atoms with E-state index in [1.165, 1.54) is 51.7 Å². The van der Waals surface area contributed by atoms with Gasteiger partial charge in [-0.05, 0) is 17.7 Å². The molecule has 0 fully saturated rings. The maximum atomic E-state index is 13.5. The first-order valence-electron chi connectivity index (χ1n) is 9.56. The molecular formula is C23H20O10. The van der Waals surface area contributed by atoms with Crippen molar-refractivity contribution in [1.29, 1.82) is 0 Å². The maximum absolute atomic E-state index is 13.5. The highest BCUT2D eigenvalue weighted by Crippen LogP contribution is 2.43. The highest BCUT2D eigenvalue weighted by Gasteiger charge is 2.25. The van der Waals surface area contributed by atoms with Crippen molar-refractivity contribution in [2.24, 2.45) is 0 Å². The largest absolute Gasteiger partial charge is 0.493 e. The zero-order valence-corrected chi connectivity index (χ0v) is 18.5. The van der Waals surface area contributed by atoms with E-state index in [4.69, 9.17) is 28.1 Å². The first-order valence-corrected chi connectivity index (χ1v) is 9.56. The van der Waals surface area contributed by atoms with Gasteiger partial charge in [0, 0.05) is 26.8 Å². The molecule has 10 nitrogen and oxygen atoms in total. The van der Waals surface area contributed by atoms with Gasteiger partial charge in [0.1, 0.15) is 17.2 Å². The number of carbonyl (C=O) groups excluding carboxylic acids is 3. The second kappa shape index (κ2) is 9.43. The van der Waals surface area contributed by atoms with E-state index in [0.29, 0.717) is 5.56 Å². The van der Waals surface area contributed by atoms with Crippen molar-refractivity contribution in [1.82, 2.24) is 0 Å². The molecule has 3 rings (SSSR count). The average Bonchev–Trinajstić information content (AvgIpc) is 2.74. The molecule has 0 aliphatic carbocycles. The summed E-state index contributed by atoms with van der Waals surface area (Å²) in [5.74, 6) is -2.16. The van der Waals surface area contributed by atoms with Crippen LogP contribution in [0, 0.1) is 0 Å². The van der Waals surface area contributed by atoms with E-state index in [1.54, 1.807) is 0 Å². The summed E-state index contributed by atoms with van der Waals surface area (Å²) >= 11 is 0. The minimum atomic E-state index is -0.754. The Kier molecular flexibility index (Phi) is 6.67. The fourth-order valence-corrected chi connectivity index (χ4v) is 3.12. The van der Waals surface area contributed by atoms with Crippen LogP contribution in [0.2, 0.25) is 0 Å². The Bertz CT molecular complexity index is 1320. The Balaban J connectivity index is 2.31. The molecule has 0 unspecified atom stereocenters. The van der Waals surface area contributed by atoms with Crippen LogP contribution in [0.5, 0.6) is 28.7 Å². The maximum Gasteiger partial charge on any atom is 0.308 e. The minimum absolute atomic E-state index is 0.0252. The first-order chi connectivity index (χ1) is 15.7. The second-order valence-electron chi connectivity index (χ2n) is 6.74. The van der Waals surface area contributed by atoms with Gasteiger partial charge in [-0.15, -0.1) is 0 Å². The molecule has 0 aliphatic heterocycles. The molecular weight excluding hydrogens is 436 g/mol. The molecule has 1 heterocycles. The van der Waals surface area contributed by atoms with E-state index >= 15 is 0 Å². The van der Waals surface area contributed by atoms with Crippen molar-refractivity contribution in [3.63, 3.8) is 0 Å². The lowest BCUT2D eigenvalue weighted by molar-refractivity contribution is -0.134. The van der Waals surface area contributed by atoms with Crippen molar-refractivity contribution in [3.05, 3.63) is 40.8 Å². The fraction of sp³-hybridized carbons (Fsp3) is 0.217. The number of carbonyl (C=O) groups is 3. The highest BCUT2D eigenvalue weighted by molar-refractivity contribution is 5.94. The third-order valence-electron chi connectivity index (χ3n) is 4.38. The van der Waals surface area contributed by atoms with Crippen LogP contribution in [0.1, 0.15) is 20.8 Å². The van der Waals surface area contributed by atoms with Crippen LogP contribution in [-0.2, 0) is 14.4 Å². The van der Waals surface area contributed by atoms with Crippen LogP contribution in [0.15, 0.2) is 39.7 Å². The van der Waals surface area contributed by atoms with Gasteiger partial charge in [0.25, 0.3) is 0 Å². The van der Waals surface area contributed by atoms with Gasteiger partial charge >= 0.3 is 17.9 Å². The van der Waals surface area contributed by atoms with E-state index in [1.807, 2.05) is 0 Å². The van der Waals surface area contributed by atoms with Crippen LogP contribution in [-0.4, -0.2) is 32.1 Å². The normalized spacial score (nSPS) is 10.5. The molecule has 0 bridgehead atoms. The Morgan fingerprint density at radius 2 is 1.36 bits per heavy atom. The monoisotopic (exact) mass is 456 g/mol. The molecule has 0 radical (unpaired) electrons. The summed E-state index contributed by atoms with van der Waals surface area (Å²) < 4.78 is 31.6. The average molecular weight is 456 g/mol. The molecule has 0 saturated heterocycles. The zero-order valence-electron chi connectivity index (χ0n) is 18.5. The molecule has 0 aliphatic rings. The topological polar surface area (TPSA) is 128 Å². The Hall–Kier alpha value is -4.34. The first kappa shape index (κ1) is 23.3. The number of fused-ring (bicyclic) bond motifs is 1. The molecule has 2 aromatic carbocycles. The molecule has 172 valence electrons. The van der Waals surface area contributed by atoms with Crippen molar-refractivity contribution in [2.45, 2.75) is 20.8 Å². The Morgan fingerprint density at radius 1 is 0.758 bits per heavy atom. The number of benzene rings is 2. The van der Waals surface area contributed by atoms with Crippen molar-refractivity contribution in [2.75, 3.05) is 14.2 Å². The lowest BCUT2D eigenvalue weighted by Gasteiger charge is -2.15. The van der Waals surface area contributed by atoms with Gasteiger partial charge in [0.2, 0.25) is 11.2 Å². The summed E-state index contributed by atoms with van der Waals surface area (Å²) in [4.78, 5) is 48.2. The number of rotatable bonds is 6. The smallest absolute Gasteiger partial charge is 0.308 e. The number of esters is 3. The molecule has 0 saturated carbocycles. The van der Waals surface area contributed by atoms with Crippen molar-refractivity contribution in [3.8, 4) is 39.9 Å². The minimum Gasteiger partial charge on any atom is -0.493 e. The van der Waals surface area contributed by atoms with Crippen molar-refractivity contribution < 1.29 is 42.5 Å². The van der Waals surface area contributed by atoms with Crippen molar-refractivity contribution >= 4 is 28.9 Å². The van der Waals surface area contributed by atoms with Crippen LogP contribution < -0.4 is 29.1 Å². The Morgan fingerprint density at radius 3 is 1.94 bits per heavy atom. The summed E-state index contributed by atoms with van der Waals surface area (Å²) in [5, 5.41) is -0.136. The molecule has 0 atom stereocenters. The number of hydrogen-bond acceptors (Lipinski definition) is 10. The standard InChI is InChI=1S/C23H20O10/c1-11(24)31-16-7-6-14(8-17(16)28-4)15-10-30-18-9-19(29-5)22(32-12(2)25)23(33-13(3)26)20(18)21(15)27/h6-10H,1-5H3. The summed E-state index contributed by atoms with van der Waals surface area (Å²) in [6, 6.07) is 5.82. The summed E-state index contributed by atoms with van der Waals surface area (Å²) in [5.41, 5.74) is -0.0818. The number of ether oxygens (including phenoxy) is 5. The predicted molar refractivity (Wildman–Crippen MR) is 115 cm³/mol. The van der Waals surface area contributed by atoms with Gasteiger partial charge in [-0.3, -0.25) is 19.2 Å². The molecule has 0 N–H and O–H groups in total. The molecule has 0 amide bonds. The lowest BCUT2D eigenvalue weighted by Crippen LogP contribution is -2.13. The molecule has 10 heteroatoms. The number of methoxy groups -OCH3 is 2. The van der Waals surface area contributed by atoms with E-state index in [2.05, 4.69) is 0 Å². The van der Waals surface area contributed by atoms with E-state index in [0.717, 1.165) is 13.8 Å². The van der Waals surface area contributed by atoms with Gasteiger partial charge in [0.15, 0.2) is 23.0 Å². The molecule has 1 aromatic heterocycles. The predicted octanol–water partition coefficient (Wildman–Crippen LogP) is 3.25. The molecule has 3 aromatic rings. The quantitative estimate of drug-likeness (QED) is 0.403. The van der Waals surface area contributed by atoms with Crippen LogP contribution in [0.25, 0.3) is 22.1 Å². The van der Waals surface area contributed by atoms with Gasteiger partial charge in [0.05, 0.1) is 19.8 Å². The lowest BCUT2D eigenvalue weighted by atomic mass is 10.0. The summed E-state index contributed by atoms with van der Waals surface area (Å²) in [6.45, 7) is 3.53. The van der Waals surface area contributed by atoms with Crippen LogP contribution in [0.3, 0.4) is 0 Å². The molecule has 33 heavy (non-hydrogen) atoms.